The minimum absolute atomic E-state index is 0.143. The molecule has 0 bridgehead atoms. The number of carbonyl (C=O) groups excluding carboxylic acids is 1. The molecule has 0 saturated heterocycles. The highest BCUT2D eigenvalue weighted by atomic mass is 35.5. The van der Waals surface area contributed by atoms with Gasteiger partial charge in [0.05, 0.1) is 10.6 Å². The van der Waals surface area contributed by atoms with Crippen LogP contribution in [-0.4, -0.2) is 21.6 Å². The van der Waals surface area contributed by atoms with Crippen molar-refractivity contribution in [3.8, 4) is 6.07 Å². The van der Waals surface area contributed by atoms with Crippen LogP contribution in [0.2, 0.25) is 5.02 Å². The van der Waals surface area contributed by atoms with E-state index < -0.39 is 0 Å². The predicted octanol–water partition coefficient (Wildman–Crippen LogP) is 4.25. The van der Waals surface area contributed by atoms with Crippen LogP contribution in [-0.2, 0) is 4.79 Å². The Kier molecular flexibility index (Phi) is 6.59. The molecule has 7 heteroatoms. The summed E-state index contributed by atoms with van der Waals surface area (Å²) in [5, 5.41) is 13.1. The Morgan fingerprint density at radius 1 is 1.38 bits per heavy atom. The average Bonchev–Trinajstić information content (AvgIpc) is 2.56. The van der Waals surface area contributed by atoms with Crippen LogP contribution in [0, 0.1) is 11.3 Å². The van der Waals surface area contributed by atoms with Crippen LogP contribution in [0.15, 0.2) is 35.5 Å². The fourth-order valence-electron chi connectivity index (χ4n) is 1.87. The molecule has 0 atom stereocenters. The highest BCUT2D eigenvalue weighted by Gasteiger charge is 2.10. The quantitative estimate of drug-likeness (QED) is 0.779. The fraction of sp³-hybridized carbons (Fsp3) is 0.294. The molecule has 2 rings (SSSR count). The summed E-state index contributed by atoms with van der Waals surface area (Å²) < 4.78 is 0. The smallest absolute Gasteiger partial charge is 0.226 e. The summed E-state index contributed by atoms with van der Waals surface area (Å²) in [6.07, 6.45) is 1.78. The standard InChI is InChI=1S/C17H17ClN4OS/c1-11(2)14-5-3-12(9-19)17(21-14)24-8-7-16(23)22-15-6-4-13(18)10-20-15/h3-6,10-11H,7-8H2,1-2H3,(H,20,22,23). The number of hydrogen-bond acceptors (Lipinski definition) is 5. The molecule has 24 heavy (non-hydrogen) atoms. The molecule has 0 radical (unpaired) electrons. The molecular weight excluding hydrogens is 344 g/mol. The third-order valence-corrected chi connectivity index (χ3v) is 4.37. The van der Waals surface area contributed by atoms with Gasteiger partial charge in [0.15, 0.2) is 0 Å². The number of rotatable bonds is 6. The van der Waals surface area contributed by atoms with E-state index in [1.165, 1.54) is 18.0 Å². The lowest BCUT2D eigenvalue weighted by atomic mass is 10.1. The zero-order valence-corrected chi connectivity index (χ0v) is 15.0. The van der Waals surface area contributed by atoms with Crippen LogP contribution in [0.5, 0.6) is 0 Å². The molecular formula is C17H17ClN4OS. The van der Waals surface area contributed by atoms with Crippen molar-refractivity contribution in [2.75, 3.05) is 11.1 Å². The lowest BCUT2D eigenvalue weighted by Gasteiger charge is -2.09. The maximum Gasteiger partial charge on any atom is 0.226 e. The van der Waals surface area contributed by atoms with Gasteiger partial charge in [-0.15, -0.1) is 11.8 Å². The van der Waals surface area contributed by atoms with Crippen LogP contribution in [0.3, 0.4) is 0 Å². The summed E-state index contributed by atoms with van der Waals surface area (Å²) in [5.41, 5.74) is 1.47. The van der Waals surface area contributed by atoms with E-state index in [1.807, 2.05) is 6.07 Å². The first-order valence-corrected chi connectivity index (χ1v) is 8.81. The summed E-state index contributed by atoms with van der Waals surface area (Å²) in [4.78, 5) is 20.5. The van der Waals surface area contributed by atoms with Crippen molar-refractivity contribution >= 4 is 35.1 Å². The van der Waals surface area contributed by atoms with E-state index in [9.17, 15) is 10.1 Å². The summed E-state index contributed by atoms with van der Waals surface area (Å²) in [6.45, 7) is 4.10. The molecule has 0 saturated carbocycles. The van der Waals surface area contributed by atoms with Crippen molar-refractivity contribution in [1.82, 2.24) is 9.97 Å². The first-order chi connectivity index (χ1) is 11.5. The third-order valence-electron chi connectivity index (χ3n) is 3.16. The molecule has 5 nitrogen and oxygen atoms in total. The Bertz CT molecular complexity index is 756. The van der Waals surface area contributed by atoms with Crippen molar-refractivity contribution in [3.05, 3.63) is 46.7 Å². The zero-order chi connectivity index (χ0) is 17.5. The second-order valence-corrected chi connectivity index (χ2v) is 6.88. The number of carbonyl (C=O) groups is 1. The Labute approximate surface area is 150 Å². The SMILES string of the molecule is CC(C)c1ccc(C#N)c(SCCC(=O)Nc2ccc(Cl)cn2)n1. The molecule has 2 aromatic rings. The van der Waals surface area contributed by atoms with Crippen LogP contribution in [0.4, 0.5) is 5.82 Å². The van der Waals surface area contributed by atoms with Crippen LogP contribution < -0.4 is 5.32 Å². The minimum atomic E-state index is -0.143. The van der Waals surface area contributed by atoms with Gasteiger partial charge < -0.3 is 5.32 Å². The second kappa shape index (κ2) is 8.67. The van der Waals surface area contributed by atoms with Gasteiger partial charge in [-0.25, -0.2) is 9.97 Å². The number of nitriles is 1. The Morgan fingerprint density at radius 2 is 2.17 bits per heavy atom. The van der Waals surface area contributed by atoms with Gasteiger partial charge in [0.25, 0.3) is 0 Å². The van der Waals surface area contributed by atoms with E-state index in [1.54, 1.807) is 18.2 Å². The maximum atomic E-state index is 11.9. The lowest BCUT2D eigenvalue weighted by molar-refractivity contribution is -0.115. The van der Waals surface area contributed by atoms with Gasteiger partial charge in [-0.05, 0) is 30.2 Å². The van der Waals surface area contributed by atoms with Crippen molar-refractivity contribution in [2.24, 2.45) is 0 Å². The summed E-state index contributed by atoms with van der Waals surface area (Å²) in [6, 6.07) is 9.10. The normalized spacial score (nSPS) is 10.5. The van der Waals surface area contributed by atoms with Gasteiger partial charge in [-0.2, -0.15) is 5.26 Å². The molecule has 1 amide bonds. The van der Waals surface area contributed by atoms with Gasteiger partial charge in [0.2, 0.25) is 5.91 Å². The van der Waals surface area contributed by atoms with Gasteiger partial charge in [-0.1, -0.05) is 25.4 Å². The van der Waals surface area contributed by atoms with Crippen LogP contribution >= 0.6 is 23.4 Å². The number of halogens is 1. The van der Waals surface area contributed by atoms with Crippen molar-refractivity contribution < 1.29 is 4.79 Å². The van der Waals surface area contributed by atoms with Crippen molar-refractivity contribution in [2.45, 2.75) is 31.2 Å². The third kappa shape index (κ3) is 5.22. The Hall–Kier alpha value is -2.10. The largest absolute Gasteiger partial charge is 0.311 e. The maximum absolute atomic E-state index is 11.9. The van der Waals surface area contributed by atoms with Gasteiger partial charge in [0.1, 0.15) is 16.9 Å². The molecule has 0 aliphatic rings. The first kappa shape index (κ1) is 18.2. The van der Waals surface area contributed by atoms with Gasteiger partial charge in [0, 0.05) is 24.1 Å². The number of anilines is 1. The first-order valence-electron chi connectivity index (χ1n) is 7.45. The topological polar surface area (TPSA) is 78.7 Å². The van der Waals surface area contributed by atoms with E-state index >= 15 is 0 Å². The van der Waals surface area contributed by atoms with Crippen LogP contribution in [0.25, 0.3) is 0 Å². The van der Waals surface area contributed by atoms with Crippen LogP contribution in [0.1, 0.15) is 37.4 Å². The number of aromatic nitrogens is 2. The molecule has 0 spiro atoms. The van der Waals surface area contributed by atoms with Gasteiger partial charge in [-0.3, -0.25) is 4.79 Å². The number of amides is 1. The molecule has 0 unspecified atom stereocenters. The lowest BCUT2D eigenvalue weighted by Crippen LogP contribution is -2.13. The number of hydrogen-bond donors (Lipinski definition) is 1. The molecule has 124 valence electrons. The highest BCUT2D eigenvalue weighted by molar-refractivity contribution is 7.99. The summed E-state index contributed by atoms with van der Waals surface area (Å²) in [5.74, 6) is 1.14. The molecule has 0 aromatic carbocycles. The van der Waals surface area contributed by atoms with E-state index in [4.69, 9.17) is 11.6 Å². The summed E-state index contributed by atoms with van der Waals surface area (Å²) in [7, 11) is 0. The number of nitrogens with zero attached hydrogens (tertiary/aromatic N) is 3. The molecule has 2 heterocycles. The number of nitrogens with one attached hydrogen (secondary N) is 1. The molecule has 1 N–H and O–H groups in total. The van der Waals surface area contributed by atoms with E-state index in [2.05, 4.69) is 35.2 Å². The van der Waals surface area contributed by atoms with Gasteiger partial charge >= 0.3 is 0 Å². The van der Waals surface area contributed by atoms with E-state index in [-0.39, 0.29) is 11.8 Å². The average molecular weight is 361 g/mol. The fourth-order valence-corrected chi connectivity index (χ4v) is 2.90. The van der Waals surface area contributed by atoms with E-state index in [0.29, 0.717) is 33.6 Å². The monoisotopic (exact) mass is 360 g/mol. The summed E-state index contributed by atoms with van der Waals surface area (Å²) >= 11 is 7.16. The minimum Gasteiger partial charge on any atom is -0.311 e. The predicted molar refractivity (Wildman–Crippen MR) is 96.3 cm³/mol. The number of thioether (sulfide) groups is 1. The number of pyridine rings is 2. The highest BCUT2D eigenvalue weighted by Crippen LogP contribution is 2.24. The molecule has 2 aromatic heterocycles. The Balaban J connectivity index is 1.91. The molecule has 0 aliphatic carbocycles. The van der Waals surface area contributed by atoms with Crippen molar-refractivity contribution in [1.29, 1.82) is 5.26 Å². The van der Waals surface area contributed by atoms with Crippen molar-refractivity contribution in [3.63, 3.8) is 0 Å². The Morgan fingerprint density at radius 3 is 2.79 bits per heavy atom. The van der Waals surface area contributed by atoms with E-state index in [0.717, 1.165) is 5.69 Å². The zero-order valence-electron chi connectivity index (χ0n) is 13.4. The second-order valence-electron chi connectivity index (χ2n) is 5.36. The molecule has 0 fully saturated rings. The molecule has 0 aliphatic heterocycles.